The molecule has 1 saturated carbocycles. The Labute approximate surface area is 224 Å². The van der Waals surface area contributed by atoms with Crippen LogP contribution in [0.3, 0.4) is 0 Å². The minimum atomic E-state index is -1.67. The molecular formula is C29H39N2O7+. The molecule has 1 aromatic carbocycles. The minimum absolute atomic E-state index is 0.110. The maximum atomic E-state index is 13.7. The molecular weight excluding hydrogens is 488 g/mol. The molecule has 3 N–H and O–H groups in total. The highest BCUT2D eigenvalue weighted by Gasteiger charge is 2.49. The number of aliphatic hydroxyl groups excluding tert-OH is 2. The first kappa shape index (κ1) is 29.3. The van der Waals surface area contributed by atoms with E-state index in [1.54, 1.807) is 40.2 Å². The molecule has 2 unspecified atom stereocenters. The second-order valence-corrected chi connectivity index (χ2v) is 9.52. The number of nitrogens with zero attached hydrogens (tertiary/aromatic N) is 2. The SMILES string of the molecule is CCN(CCOC)c1cc(C)c(C2C(=O)C(=C3C(C)=CC(=[N+](CC)CCOC)C=C3O)C(=O)C2O)c(O)c1. The average molecular weight is 528 g/mol. The molecule has 0 aromatic heterocycles. The average Bonchev–Trinajstić information content (AvgIpc) is 3.08. The molecule has 0 aliphatic heterocycles. The second-order valence-electron chi connectivity index (χ2n) is 9.52. The molecule has 9 heteroatoms. The molecule has 1 aromatic rings. The Morgan fingerprint density at radius 2 is 1.66 bits per heavy atom. The van der Waals surface area contributed by atoms with Crippen molar-refractivity contribution in [3.63, 3.8) is 0 Å². The van der Waals surface area contributed by atoms with Crippen molar-refractivity contribution in [3.8, 4) is 5.75 Å². The highest BCUT2D eigenvalue weighted by atomic mass is 16.5. The second kappa shape index (κ2) is 12.5. The van der Waals surface area contributed by atoms with Gasteiger partial charge in [0, 0.05) is 56.3 Å². The molecule has 0 amide bonds. The number of phenolic OH excluding ortho intramolecular Hbond substituents is 1. The normalized spacial score (nSPS) is 23.0. The van der Waals surface area contributed by atoms with Crippen LogP contribution in [0.25, 0.3) is 0 Å². The van der Waals surface area contributed by atoms with Gasteiger partial charge in [-0.1, -0.05) is 0 Å². The molecule has 2 aliphatic carbocycles. The summed E-state index contributed by atoms with van der Waals surface area (Å²) in [6.07, 6.45) is 1.65. The van der Waals surface area contributed by atoms with Crippen molar-refractivity contribution in [2.45, 2.75) is 39.7 Å². The maximum absolute atomic E-state index is 13.7. The number of allylic oxidation sites excluding steroid dienone is 3. The summed E-state index contributed by atoms with van der Waals surface area (Å²) >= 11 is 0. The molecule has 0 saturated heterocycles. The van der Waals surface area contributed by atoms with Gasteiger partial charge in [0.25, 0.3) is 0 Å². The number of likely N-dealkylation sites (N-methyl/N-ethyl adjacent to an activating group) is 2. The fourth-order valence-electron chi connectivity index (χ4n) is 5.20. The van der Waals surface area contributed by atoms with E-state index in [4.69, 9.17) is 9.47 Å². The number of ether oxygens (including phenoxy) is 2. The summed E-state index contributed by atoms with van der Waals surface area (Å²) in [6, 6.07) is 3.37. The van der Waals surface area contributed by atoms with Gasteiger partial charge in [-0.2, -0.15) is 0 Å². The molecule has 2 aliphatic rings. The Morgan fingerprint density at radius 3 is 2.21 bits per heavy atom. The number of benzene rings is 1. The van der Waals surface area contributed by atoms with Crippen LogP contribution in [0.4, 0.5) is 5.69 Å². The van der Waals surface area contributed by atoms with Crippen molar-refractivity contribution in [3.05, 3.63) is 57.9 Å². The quantitative estimate of drug-likeness (QED) is 0.241. The van der Waals surface area contributed by atoms with E-state index in [0.29, 0.717) is 50.5 Å². The number of carbonyl (C=O) groups excluding carboxylic acids is 2. The van der Waals surface area contributed by atoms with Crippen LogP contribution >= 0.6 is 0 Å². The van der Waals surface area contributed by atoms with Crippen LogP contribution in [0.1, 0.15) is 37.8 Å². The van der Waals surface area contributed by atoms with Gasteiger partial charge in [0.1, 0.15) is 30.8 Å². The number of aryl methyl sites for hydroxylation is 1. The third kappa shape index (κ3) is 5.60. The Bertz CT molecular complexity index is 1180. The maximum Gasteiger partial charge on any atom is 0.203 e. The van der Waals surface area contributed by atoms with Crippen molar-refractivity contribution in [2.75, 3.05) is 58.5 Å². The lowest BCUT2D eigenvalue weighted by atomic mass is 9.87. The predicted molar refractivity (Wildman–Crippen MR) is 145 cm³/mol. The fourth-order valence-corrected chi connectivity index (χ4v) is 5.20. The lowest BCUT2D eigenvalue weighted by Crippen LogP contribution is -2.27. The lowest BCUT2D eigenvalue weighted by molar-refractivity contribution is -0.525. The number of hydrogen-bond donors (Lipinski definition) is 3. The lowest BCUT2D eigenvalue weighted by Gasteiger charge is -2.25. The van der Waals surface area contributed by atoms with Gasteiger partial charge in [-0.15, -0.1) is 0 Å². The summed E-state index contributed by atoms with van der Waals surface area (Å²) in [5, 5.41) is 32.9. The van der Waals surface area contributed by atoms with Gasteiger partial charge in [-0.3, -0.25) is 9.59 Å². The monoisotopic (exact) mass is 527 g/mol. The number of aromatic hydroxyl groups is 1. The number of anilines is 1. The Morgan fingerprint density at radius 1 is 0.974 bits per heavy atom. The van der Waals surface area contributed by atoms with Gasteiger partial charge in [0.15, 0.2) is 18.1 Å². The molecule has 0 bridgehead atoms. The molecule has 9 nitrogen and oxygen atoms in total. The van der Waals surface area contributed by atoms with E-state index in [1.165, 1.54) is 6.08 Å². The number of aliphatic hydroxyl groups is 2. The number of Topliss-reactive ketones (excluding diaryl/α,β-unsaturated/α-hetero) is 2. The van der Waals surface area contributed by atoms with E-state index in [9.17, 15) is 24.9 Å². The summed E-state index contributed by atoms with van der Waals surface area (Å²) in [7, 11) is 3.23. The first-order valence-corrected chi connectivity index (χ1v) is 12.9. The highest BCUT2D eigenvalue weighted by molar-refractivity contribution is 6.31. The van der Waals surface area contributed by atoms with Crippen molar-refractivity contribution in [1.29, 1.82) is 0 Å². The first-order valence-electron chi connectivity index (χ1n) is 12.9. The van der Waals surface area contributed by atoms with Crippen LogP contribution in [-0.2, 0) is 19.1 Å². The summed E-state index contributed by atoms with van der Waals surface area (Å²) in [4.78, 5) is 28.9. The fraction of sp³-hybridized carbons (Fsp3) is 0.483. The zero-order valence-electron chi connectivity index (χ0n) is 23.1. The van der Waals surface area contributed by atoms with Gasteiger partial charge in [-0.25, -0.2) is 4.58 Å². The van der Waals surface area contributed by atoms with Gasteiger partial charge < -0.3 is 29.7 Å². The molecule has 38 heavy (non-hydrogen) atoms. The van der Waals surface area contributed by atoms with Crippen LogP contribution in [0.15, 0.2) is 46.8 Å². The van der Waals surface area contributed by atoms with Crippen LogP contribution in [0.5, 0.6) is 5.75 Å². The zero-order chi connectivity index (χ0) is 28.1. The Hall–Kier alpha value is -3.27. The van der Waals surface area contributed by atoms with Crippen molar-refractivity contribution in [1.82, 2.24) is 0 Å². The molecule has 0 heterocycles. The van der Waals surface area contributed by atoms with Crippen molar-refractivity contribution >= 4 is 23.0 Å². The van der Waals surface area contributed by atoms with Gasteiger partial charge in [0.2, 0.25) is 5.71 Å². The van der Waals surface area contributed by atoms with E-state index in [1.807, 2.05) is 29.4 Å². The van der Waals surface area contributed by atoms with Crippen LogP contribution in [-0.4, -0.2) is 96.9 Å². The van der Waals surface area contributed by atoms with Crippen molar-refractivity contribution in [2.24, 2.45) is 0 Å². The van der Waals surface area contributed by atoms with E-state index >= 15 is 0 Å². The molecule has 1 fully saturated rings. The number of methoxy groups -OCH3 is 2. The smallest absolute Gasteiger partial charge is 0.203 e. The third-order valence-electron chi connectivity index (χ3n) is 7.19. The van der Waals surface area contributed by atoms with Gasteiger partial charge in [0.05, 0.1) is 24.2 Å². The number of hydrogen-bond acceptors (Lipinski definition) is 8. The molecule has 206 valence electrons. The number of ketones is 2. The molecule has 0 spiro atoms. The van der Waals surface area contributed by atoms with Crippen LogP contribution in [0, 0.1) is 6.92 Å². The zero-order valence-corrected chi connectivity index (χ0v) is 23.1. The largest absolute Gasteiger partial charge is 0.508 e. The van der Waals surface area contributed by atoms with Crippen LogP contribution < -0.4 is 4.90 Å². The topological polar surface area (TPSA) is 120 Å². The Balaban J connectivity index is 2.06. The first-order chi connectivity index (χ1) is 18.1. The van der Waals surface area contributed by atoms with E-state index in [-0.39, 0.29) is 28.2 Å². The van der Waals surface area contributed by atoms with Gasteiger partial charge in [-0.05, 0) is 44.9 Å². The van der Waals surface area contributed by atoms with E-state index in [0.717, 1.165) is 11.4 Å². The van der Waals surface area contributed by atoms with Gasteiger partial charge >= 0.3 is 0 Å². The van der Waals surface area contributed by atoms with E-state index in [2.05, 4.69) is 0 Å². The Kier molecular flexibility index (Phi) is 9.65. The molecule has 3 rings (SSSR count). The standard InChI is InChI=1S/C29H38N2O7/c1-7-30(9-11-37-5)19-13-17(3)23(21(32)15-19)25-27(34)26(29(36)28(25)35)24-18(4)14-20(16-22(24)33)31(8-2)10-12-38-6/h13-16,25,28,32,35H,7-12H2,1-6H3/p+1. The molecule has 0 radical (unpaired) electrons. The highest BCUT2D eigenvalue weighted by Crippen LogP contribution is 2.43. The summed E-state index contributed by atoms with van der Waals surface area (Å²) in [5.41, 5.74) is 2.67. The third-order valence-corrected chi connectivity index (χ3v) is 7.19. The predicted octanol–water partition coefficient (Wildman–Crippen LogP) is 2.59. The number of rotatable bonds is 10. The summed E-state index contributed by atoms with van der Waals surface area (Å²) < 4.78 is 12.3. The summed E-state index contributed by atoms with van der Waals surface area (Å²) in [5.74, 6) is -3.05. The molecule has 2 atom stereocenters. The van der Waals surface area contributed by atoms with Crippen LogP contribution in [0.2, 0.25) is 0 Å². The van der Waals surface area contributed by atoms with Crippen molar-refractivity contribution < 1.29 is 39.0 Å². The number of phenols is 1. The van der Waals surface area contributed by atoms with E-state index < -0.39 is 23.6 Å². The minimum Gasteiger partial charge on any atom is -0.508 e. The summed E-state index contributed by atoms with van der Waals surface area (Å²) in [6.45, 7) is 11.0. The number of carbonyl (C=O) groups is 2.